The molecule has 132 valence electrons. The van der Waals surface area contributed by atoms with E-state index in [1.54, 1.807) is 36.3 Å². The van der Waals surface area contributed by atoms with Crippen LogP contribution in [0, 0.1) is 5.92 Å². The van der Waals surface area contributed by atoms with Gasteiger partial charge < -0.3 is 20.7 Å². The second-order valence-electron chi connectivity index (χ2n) is 6.61. The molecule has 1 aliphatic rings. The summed E-state index contributed by atoms with van der Waals surface area (Å²) in [5.74, 6) is 0.371. The molecule has 6 nitrogen and oxygen atoms in total. The zero-order valence-electron chi connectivity index (χ0n) is 14.6. The lowest BCUT2D eigenvalue weighted by Gasteiger charge is -2.34. The summed E-state index contributed by atoms with van der Waals surface area (Å²) in [6, 6.07) is 6.30. The van der Waals surface area contributed by atoms with Gasteiger partial charge in [-0.3, -0.25) is 9.59 Å². The fraction of sp³-hybridized carbons (Fsp3) is 0.556. The molecule has 24 heavy (non-hydrogen) atoms. The van der Waals surface area contributed by atoms with E-state index < -0.39 is 6.04 Å². The highest BCUT2D eigenvalue weighted by Gasteiger charge is 2.31. The zero-order valence-corrected chi connectivity index (χ0v) is 14.6. The van der Waals surface area contributed by atoms with Gasteiger partial charge in [0.25, 0.3) is 5.91 Å². The fourth-order valence-corrected chi connectivity index (χ4v) is 2.89. The predicted molar refractivity (Wildman–Crippen MR) is 92.9 cm³/mol. The number of nitrogens with zero attached hydrogens (tertiary/aromatic N) is 1. The van der Waals surface area contributed by atoms with Crippen LogP contribution < -0.4 is 15.8 Å². The van der Waals surface area contributed by atoms with Crippen LogP contribution in [0.3, 0.4) is 0 Å². The van der Waals surface area contributed by atoms with Crippen molar-refractivity contribution < 1.29 is 14.3 Å². The molecular formula is C18H27N3O3. The van der Waals surface area contributed by atoms with Crippen molar-refractivity contribution in [2.45, 2.75) is 38.8 Å². The van der Waals surface area contributed by atoms with Crippen LogP contribution in [0.4, 0.5) is 0 Å². The van der Waals surface area contributed by atoms with Crippen molar-refractivity contribution >= 4 is 11.8 Å². The highest BCUT2D eigenvalue weighted by molar-refractivity contribution is 5.97. The van der Waals surface area contributed by atoms with Crippen molar-refractivity contribution in [1.29, 1.82) is 0 Å². The SMILES string of the molecule is COc1ccc(C(=O)NC(C(=O)N2CCCC(N)C2)C(C)C)cc1. The fourth-order valence-electron chi connectivity index (χ4n) is 2.89. The second-order valence-corrected chi connectivity index (χ2v) is 6.61. The lowest BCUT2D eigenvalue weighted by molar-refractivity contribution is -0.135. The molecular weight excluding hydrogens is 306 g/mol. The average molecular weight is 333 g/mol. The van der Waals surface area contributed by atoms with Crippen LogP contribution >= 0.6 is 0 Å². The first-order valence-corrected chi connectivity index (χ1v) is 8.41. The first kappa shape index (κ1) is 18.3. The molecule has 0 spiro atoms. The van der Waals surface area contributed by atoms with E-state index in [2.05, 4.69) is 5.32 Å². The van der Waals surface area contributed by atoms with E-state index in [4.69, 9.17) is 10.5 Å². The maximum Gasteiger partial charge on any atom is 0.251 e. The number of hydrogen-bond donors (Lipinski definition) is 2. The van der Waals surface area contributed by atoms with E-state index in [-0.39, 0.29) is 23.8 Å². The summed E-state index contributed by atoms with van der Waals surface area (Å²) in [5.41, 5.74) is 6.47. The monoisotopic (exact) mass is 333 g/mol. The molecule has 6 heteroatoms. The number of carbonyl (C=O) groups is 2. The highest BCUT2D eigenvalue weighted by atomic mass is 16.5. The van der Waals surface area contributed by atoms with Crippen molar-refractivity contribution in [2.24, 2.45) is 11.7 Å². The lowest BCUT2D eigenvalue weighted by Crippen LogP contribution is -2.55. The Hall–Kier alpha value is -2.08. The Balaban J connectivity index is 2.06. The minimum atomic E-state index is -0.551. The Morgan fingerprint density at radius 3 is 2.50 bits per heavy atom. The molecule has 3 N–H and O–H groups in total. The summed E-state index contributed by atoms with van der Waals surface area (Å²) in [4.78, 5) is 27.0. The van der Waals surface area contributed by atoms with Crippen LogP contribution in [-0.2, 0) is 4.79 Å². The van der Waals surface area contributed by atoms with Gasteiger partial charge in [-0.05, 0) is 43.0 Å². The quantitative estimate of drug-likeness (QED) is 0.853. The summed E-state index contributed by atoms with van der Waals surface area (Å²) in [5, 5.41) is 2.87. The van der Waals surface area contributed by atoms with Gasteiger partial charge in [0.2, 0.25) is 5.91 Å². The molecule has 1 saturated heterocycles. The number of hydrogen-bond acceptors (Lipinski definition) is 4. The van der Waals surface area contributed by atoms with E-state index in [1.807, 2.05) is 13.8 Å². The number of methoxy groups -OCH3 is 1. The van der Waals surface area contributed by atoms with E-state index in [1.165, 1.54) is 0 Å². The smallest absolute Gasteiger partial charge is 0.251 e. The summed E-state index contributed by atoms with van der Waals surface area (Å²) >= 11 is 0. The van der Waals surface area contributed by atoms with Gasteiger partial charge in [0.15, 0.2) is 0 Å². The molecule has 0 aliphatic carbocycles. The molecule has 0 aromatic heterocycles. The summed E-state index contributed by atoms with van der Waals surface area (Å²) in [6.07, 6.45) is 1.85. The Morgan fingerprint density at radius 2 is 1.96 bits per heavy atom. The number of nitrogens with two attached hydrogens (primary N) is 1. The maximum atomic E-state index is 12.8. The predicted octanol–water partition coefficient (Wildman–Crippen LogP) is 1.40. The molecule has 0 saturated carbocycles. The first-order chi connectivity index (χ1) is 11.4. The molecule has 1 aromatic rings. The van der Waals surface area contributed by atoms with E-state index in [0.717, 1.165) is 12.8 Å². The zero-order chi connectivity index (χ0) is 17.7. The topological polar surface area (TPSA) is 84.7 Å². The van der Waals surface area contributed by atoms with Gasteiger partial charge in [0.1, 0.15) is 11.8 Å². The van der Waals surface area contributed by atoms with Gasteiger partial charge in [-0.2, -0.15) is 0 Å². The van der Waals surface area contributed by atoms with Crippen molar-refractivity contribution in [3.05, 3.63) is 29.8 Å². The first-order valence-electron chi connectivity index (χ1n) is 8.41. The molecule has 2 rings (SSSR count). The van der Waals surface area contributed by atoms with Gasteiger partial charge in [-0.15, -0.1) is 0 Å². The number of ether oxygens (including phenoxy) is 1. The molecule has 1 aliphatic heterocycles. The van der Waals surface area contributed by atoms with Gasteiger partial charge in [0.05, 0.1) is 7.11 Å². The molecule has 0 radical (unpaired) electrons. The van der Waals surface area contributed by atoms with E-state index in [9.17, 15) is 9.59 Å². The summed E-state index contributed by atoms with van der Waals surface area (Å²) < 4.78 is 5.09. The van der Waals surface area contributed by atoms with Crippen LogP contribution in [0.15, 0.2) is 24.3 Å². The van der Waals surface area contributed by atoms with Crippen LogP contribution in [0.5, 0.6) is 5.75 Å². The van der Waals surface area contributed by atoms with Crippen LogP contribution in [-0.4, -0.2) is 49.0 Å². The third kappa shape index (κ3) is 4.47. The van der Waals surface area contributed by atoms with Crippen molar-refractivity contribution in [1.82, 2.24) is 10.2 Å². The Bertz CT molecular complexity index is 571. The molecule has 0 bridgehead atoms. The lowest BCUT2D eigenvalue weighted by atomic mass is 9.99. The largest absolute Gasteiger partial charge is 0.497 e. The normalized spacial score (nSPS) is 19.0. The van der Waals surface area contributed by atoms with Crippen LogP contribution in [0.2, 0.25) is 0 Å². The molecule has 2 amide bonds. The highest BCUT2D eigenvalue weighted by Crippen LogP contribution is 2.15. The standard InChI is InChI=1S/C18H27N3O3/c1-12(2)16(18(23)21-10-4-5-14(19)11-21)20-17(22)13-6-8-15(24-3)9-7-13/h6-9,12,14,16H,4-5,10-11,19H2,1-3H3,(H,20,22). The molecule has 2 unspecified atom stereocenters. The number of benzene rings is 1. The van der Waals surface area contributed by atoms with Crippen molar-refractivity contribution in [2.75, 3.05) is 20.2 Å². The van der Waals surface area contributed by atoms with E-state index >= 15 is 0 Å². The van der Waals surface area contributed by atoms with Crippen LogP contribution in [0.1, 0.15) is 37.0 Å². The Kier molecular flexibility index (Phi) is 6.20. The summed E-state index contributed by atoms with van der Waals surface area (Å²) in [6.45, 7) is 5.12. The minimum absolute atomic E-state index is 0.00199. The van der Waals surface area contributed by atoms with E-state index in [0.29, 0.717) is 24.4 Å². The Morgan fingerprint density at radius 1 is 1.29 bits per heavy atom. The molecule has 1 fully saturated rings. The maximum absolute atomic E-state index is 12.8. The van der Waals surface area contributed by atoms with Crippen LogP contribution in [0.25, 0.3) is 0 Å². The van der Waals surface area contributed by atoms with Gasteiger partial charge in [-0.25, -0.2) is 0 Å². The van der Waals surface area contributed by atoms with Crippen molar-refractivity contribution in [3.63, 3.8) is 0 Å². The van der Waals surface area contributed by atoms with Gasteiger partial charge in [0, 0.05) is 24.7 Å². The number of carbonyl (C=O) groups excluding carboxylic acids is 2. The Labute approximate surface area is 143 Å². The van der Waals surface area contributed by atoms with Crippen molar-refractivity contribution in [3.8, 4) is 5.75 Å². The van der Waals surface area contributed by atoms with Gasteiger partial charge >= 0.3 is 0 Å². The second kappa shape index (κ2) is 8.15. The number of piperidine rings is 1. The molecule has 2 atom stereocenters. The number of nitrogens with one attached hydrogen (secondary N) is 1. The third-order valence-electron chi connectivity index (χ3n) is 4.34. The van der Waals surface area contributed by atoms with Gasteiger partial charge in [-0.1, -0.05) is 13.8 Å². The average Bonchev–Trinajstić information content (AvgIpc) is 2.58. The summed E-state index contributed by atoms with van der Waals surface area (Å²) in [7, 11) is 1.58. The number of rotatable bonds is 5. The minimum Gasteiger partial charge on any atom is -0.497 e. The third-order valence-corrected chi connectivity index (χ3v) is 4.34. The molecule has 1 aromatic carbocycles. The number of likely N-dealkylation sites (tertiary alicyclic amines) is 1. The molecule has 1 heterocycles. The number of amides is 2.